The molecule has 0 atom stereocenters. The van der Waals surface area contributed by atoms with Crippen LogP contribution < -0.4 is 0 Å². The van der Waals surface area contributed by atoms with Crippen molar-refractivity contribution in [3.8, 4) is 0 Å². The summed E-state index contributed by atoms with van der Waals surface area (Å²) in [7, 11) is 0. The SMILES string of the molecule is CCN1CCN(C=O)CCN(CC)CCN(CC)CC1.O=CN1CCN(CCOO)CCN(CCOO)CCN(CC(=O)O)CC1. The fourth-order valence-corrected chi connectivity index (χ4v) is 5.40. The van der Waals surface area contributed by atoms with Crippen LogP contribution in [0.2, 0.25) is 0 Å². The number of carboxylic acid groups (broad SMARTS) is 1. The van der Waals surface area contributed by atoms with E-state index in [0.717, 1.165) is 84.8 Å². The van der Waals surface area contributed by atoms with Crippen molar-refractivity contribution in [2.24, 2.45) is 0 Å². The lowest BCUT2D eigenvalue weighted by atomic mass is 10.3. The second-order valence-corrected chi connectivity index (χ2v) is 11.6. The first-order valence-electron chi connectivity index (χ1n) is 16.8. The van der Waals surface area contributed by atoms with Gasteiger partial charge in [0.05, 0.1) is 19.8 Å². The van der Waals surface area contributed by atoms with Crippen molar-refractivity contribution < 1.29 is 39.8 Å². The number of hydrogen-bond donors (Lipinski definition) is 3. The van der Waals surface area contributed by atoms with Crippen LogP contribution >= 0.6 is 0 Å². The number of rotatable bonds is 13. The van der Waals surface area contributed by atoms with E-state index in [-0.39, 0.29) is 19.8 Å². The summed E-state index contributed by atoms with van der Waals surface area (Å²) in [5.41, 5.74) is 0. The summed E-state index contributed by atoms with van der Waals surface area (Å²) in [6, 6.07) is 0. The summed E-state index contributed by atoms with van der Waals surface area (Å²) in [4.78, 5) is 58.7. The minimum atomic E-state index is -0.907. The molecule has 2 aliphatic heterocycles. The van der Waals surface area contributed by atoms with E-state index in [0.29, 0.717) is 65.4 Å². The molecule has 270 valence electrons. The Morgan fingerprint density at radius 2 is 0.804 bits per heavy atom. The van der Waals surface area contributed by atoms with Crippen LogP contribution in [0, 0.1) is 0 Å². The summed E-state index contributed by atoms with van der Waals surface area (Å²) in [6.07, 6.45) is 1.78. The summed E-state index contributed by atoms with van der Waals surface area (Å²) in [5.74, 6) is -0.907. The number of carboxylic acids is 1. The number of amides is 2. The van der Waals surface area contributed by atoms with Gasteiger partial charge in [0.1, 0.15) is 0 Å². The number of aliphatic carboxylic acids is 1. The Morgan fingerprint density at radius 1 is 0.522 bits per heavy atom. The molecular formula is C30H62N8O8. The fourth-order valence-electron chi connectivity index (χ4n) is 5.40. The molecule has 46 heavy (non-hydrogen) atoms. The van der Waals surface area contributed by atoms with Gasteiger partial charge >= 0.3 is 5.97 Å². The second-order valence-electron chi connectivity index (χ2n) is 11.6. The standard InChI is InChI=1S/C15H30N4O7.C15H32N4O/c20-14-19-7-4-17(10-12-26-24)2-1-16(9-11-25-23)3-5-18(6-8-19)13-15(21)22;1-4-16-7-9-17(5-2)11-13-19(15-20)14-12-18(6-3)10-8-16/h14,23-24H,1-13H2,(H,21,22);15H,4-14H2,1-3H3. The number of nitrogens with zero attached hydrogens (tertiary/aromatic N) is 8. The van der Waals surface area contributed by atoms with Crippen LogP contribution in [0.15, 0.2) is 0 Å². The lowest BCUT2D eigenvalue weighted by Gasteiger charge is -2.32. The van der Waals surface area contributed by atoms with Gasteiger partial charge in [0.25, 0.3) is 0 Å². The molecule has 2 heterocycles. The summed E-state index contributed by atoms with van der Waals surface area (Å²) < 4.78 is 0. The van der Waals surface area contributed by atoms with Crippen LogP contribution in [-0.4, -0.2) is 231 Å². The van der Waals surface area contributed by atoms with Gasteiger partial charge in [0.15, 0.2) is 0 Å². The third-order valence-electron chi connectivity index (χ3n) is 8.74. The molecule has 0 saturated carbocycles. The molecule has 16 nitrogen and oxygen atoms in total. The minimum absolute atomic E-state index is 0.0863. The van der Waals surface area contributed by atoms with Crippen LogP contribution in [0.1, 0.15) is 20.8 Å². The van der Waals surface area contributed by atoms with Crippen molar-refractivity contribution in [2.45, 2.75) is 20.8 Å². The van der Waals surface area contributed by atoms with Gasteiger partial charge in [0.2, 0.25) is 12.8 Å². The summed E-state index contributed by atoms with van der Waals surface area (Å²) in [5, 5.41) is 26.2. The predicted molar refractivity (Wildman–Crippen MR) is 176 cm³/mol. The largest absolute Gasteiger partial charge is 0.480 e. The zero-order valence-corrected chi connectivity index (χ0v) is 28.6. The van der Waals surface area contributed by atoms with Crippen molar-refractivity contribution in [1.82, 2.24) is 39.2 Å². The molecule has 2 fully saturated rings. The van der Waals surface area contributed by atoms with E-state index in [9.17, 15) is 14.4 Å². The van der Waals surface area contributed by atoms with E-state index in [2.05, 4.69) is 55.0 Å². The zero-order valence-electron chi connectivity index (χ0n) is 28.6. The van der Waals surface area contributed by atoms with Gasteiger partial charge in [-0.2, -0.15) is 0 Å². The first-order chi connectivity index (χ1) is 22.3. The molecule has 16 heteroatoms. The normalized spacial score (nSPS) is 20.8. The van der Waals surface area contributed by atoms with Crippen molar-refractivity contribution >= 4 is 18.8 Å². The topological polar surface area (TPSA) is 156 Å². The number of carbonyl (C=O) groups excluding carboxylic acids is 2. The van der Waals surface area contributed by atoms with Crippen LogP contribution in [0.3, 0.4) is 0 Å². The van der Waals surface area contributed by atoms with Crippen molar-refractivity contribution in [3.05, 3.63) is 0 Å². The van der Waals surface area contributed by atoms with Crippen LogP contribution in [0.5, 0.6) is 0 Å². The van der Waals surface area contributed by atoms with Crippen molar-refractivity contribution in [3.63, 3.8) is 0 Å². The monoisotopic (exact) mass is 662 g/mol. The maximum Gasteiger partial charge on any atom is 0.317 e. The highest BCUT2D eigenvalue weighted by molar-refractivity contribution is 5.69. The van der Waals surface area contributed by atoms with Crippen molar-refractivity contribution in [2.75, 3.05) is 157 Å². The smallest absolute Gasteiger partial charge is 0.317 e. The lowest BCUT2D eigenvalue weighted by Crippen LogP contribution is -2.47. The molecule has 2 aliphatic rings. The predicted octanol–water partition coefficient (Wildman–Crippen LogP) is -1.15. The Hall–Kier alpha value is -1.99. The molecule has 2 amide bonds. The highest BCUT2D eigenvalue weighted by atomic mass is 17.1. The van der Waals surface area contributed by atoms with E-state index < -0.39 is 5.97 Å². The first-order valence-corrected chi connectivity index (χ1v) is 16.8. The molecule has 0 spiro atoms. The van der Waals surface area contributed by atoms with E-state index in [1.54, 1.807) is 9.80 Å². The Morgan fingerprint density at radius 3 is 1.11 bits per heavy atom. The summed E-state index contributed by atoms with van der Waals surface area (Å²) in [6.45, 7) is 23.8. The quantitative estimate of drug-likeness (QED) is 0.123. The van der Waals surface area contributed by atoms with Gasteiger partial charge in [-0.3, -0.25) is 39.6 Å². The third kappa shape index (κ3) is 19.6. The van der Waals surface area contributed by atoms with Crippen molar-refractivity contribution in [1.29, 1.82) is 0 Å². The van der Waals surface area contributed by atoms with E-state index in [4.69, 9.17) is 15.6 Å². The third-order valence-corrected chi connectivity index (χ3v) is 8.74. The number of carbonyl (C=O) groups is 3. The van der Waals surface area contributed by atoms with E-state index in [1.165, 1.54) is 0 Å². The first kappa shape index (κ1) is 42.0. The minimum Gasteiger partial charge on any atom is -0.480 e. The Kier molecular flexibility index (Phi) is 24.7. The molecule has 0 aromatic rings. The van der Waals surface area contributed by atoms with Crippen LogP contribution in [0.4, 0.5) is 0 Å². The zero-order chi connectivity index (χ0) is 34.0. The molecule has 2 saturated heterocycles. The highest BCUT2D eigenvalue weighted by Crippen LogP contribution is 2.01. The Bertz CT molecular complexity index is 769. The lowest BCUT2D eigenvalue weighted by molar-refractivity contribution is -0.245. The van der Waals surface area contributed by atoms with Crippen LogP contribution in [-0.2, 0) is 24.2 Å². The second kappa shape index (κ2) is 27.0. The molecule has 0 bridgehead atoms. The Labute approximate surface area is 275 Å². The average molecular weight is 663 g/mol. The molecule has 2 rings (SSSR count). The summed E-state index contributed by atoms with van der Waals surface area (Å²) >= 11 is 0. The van der Waals surface area contributed by atoms with Gasteiger partial charge in [0, 0.05) is 118 Å². The molecule has 0 aliphatic carbocycles. The van der Waals surface area contributed by atoms with Gasteiger partial charge in [-0.25, -0.2) is 9.78 Å². The maximum absolute atomic E-state index is 11.3. The molecule has 0 radical (unpaired) electrons. The molecular weight excluding hydrogens is 600 g/mol. The van der Waals surface area contributed by atoms with E-state index in [1.807, 2.05) is 4.90 Å². The Balaban J connectivity index is 0.000000476. The fraction of sp³-hybridized carbons (Fsp3) is 0.900. The number of hydrogen-bond acceptors (Lipinski definition) is 13. The van der Waals surface area contributed by atoms with Crippen LogP contribution in [0.25, 0.3) is 0 Å². The van der Waals surface area contributed by atoms with Gasteiger partial charge in [-0.05, 0) is 19.6 Å². The molecule has 3 N–H and O–H groups in total. The highest BCUT2D eigenvalue weighted by Gasteiger charge is 2.18. The number of likely N-dealkylation sites (N-methyl/N-ethyl adjacent to an activating group) is 3. The molecule has 0 aromatic heterocycles. The molecule has 0 aromatic carbocycles. The average Bonchev–Trinajstić information content (AvgIpc) is 3.05. The van der Waals surface area contributed by atoms with Gasteiger partial charge in [-0.15, -0.1) is 0 Å². The maximum atomic E-state index is 11.3. The molecule has 0 unspecified atom stereocenters. The van der Waals surface area contributed by atoms with E-state index >= 15 is 0 Å². The van der Waals surface area contributed by atoms with Gasteiger partial charge in [-0.1, -0.05) is 20.8 Å². The van der Waals surface area contributed by atoms with Gasteiger partial charge < -0.3 is 29.6 Å².